The van der Waals surface area contributed by atoms with E-state index in [9.17, 15) is 13.2 Å². The van der Waals surface area contributed by atoms with Crippen molar-refractivity contribution in [1.82, 2.24) is 5.32 Å². The molecule has 0 bridgehead atoms. The Morgan fingerprint density at radius 3 is 2.11 bits per heavy atom. The average Bonchev–Trinajstić information content (AvgIpc) is 2.36. The van der Waals surface area contributed by atoms with Crippen LogP contribution < -0.4 is 14.8 Å². The van der Waals surface area contributed by atoms with Gasteiger partial charge in [0, 0.05) is 24.4 Å². The molecule has 0 aromatic heterocycles. The molecule has 0 aliphatic heterocycles. The Kier molecular flexibility index (Phi) is 5.17. The highest BCUT2D eigenvalue weighted by Gasteiger charge is 2.10. The summed E-state index contributed by atoms with van der Waals surface area (Å²) in [5, 5.41) is 2.53. The van der Waals surface area contributed by atoms with Gasteiger partial charge < -0.3 is 14.8 Å². The Bertz CT molecular complexity index is 531. The van der Waals surface area contributed by atoms with Crippen LogP contribution in [0.4, 0.5) is 0 Å². The van der Waals surface area contributed by atoms with E-state index in [1.165, 1.54) is 14.2 Å². The maximum Gasteiger partial charge on any atom is 0.251 e. The van der Waals surface area contributed by atoms with E-state index in [1.54, 1.807) is 18.2 Å². The van der Waals surface area contributed by atoms with Gasteiger partial charge in [-0.1, -0.05) is 0 Å². The number of rotatable bonds is 6. The van der Waals surface area contributed by atoms with Gasteiger partial charge >= 0.3 is 0 Å². The Hall–Kier alpha value is -1.76. The maximum atomic E-state index is 11.8. The van der Waals surface area contributed by atoms with Gasteiger partial charge in [0.15, 0.2) is 0 Å². The van der Waals surface area contributed by atoms with Crippen molar-refractivity contribution < 1.29 is 22.7 Å². The molecule has 0 spiro atoms. The van der Waals surface area contributed by atoms with Crippen LogP contribution in [-0.2, 0) is 9.84 Å². The average molecular weight is 287 g/mol. The smallest absolute Gasteiger partial charge is 0.251 e. The molecule has 6 nitrogen and oxygen atoms in total. The third-order valence-corrected chi connectivity index (χ3v) is 3.32. The zero-order chi connectivity index (χ0) is 14.5. The highest BCUT2D eigenvalue weighted by atomic mass is 32.2. The Labute approximate surface area is 112 Å². The number of sulfone groups is 1. The molecule has 1 rings (SSSR count). The van der Waals surface area contributed by atoms with Crippen molar-refractivity contribution in [3.63, 3.8) is 0 Å². The first-order valence-corrected chi connectivity index (χ1v) is 7.61. The number of amides is 1. The summed E-state index contributed by atoms with van der Waals surface area (Å²) in [6, 6.07) is 4.75. The zero-order valence-corrected chi connectivity index (χ0v) is 11.9. The summed E-state index contributed by atoms with van der Waals surface area (Å²) in [5.74, 6) is 0.515. The van der Waals surface area contributed by atoms with Crippen LogP contribution in [0.2, 0.25) is 0 Å². The lowest BCUT2D eigenvalue weighted by Gasteiger charge is -2.09. The summed E-state index contributed by atoms with van der Waals surface area (Å²) >= 11 is 0. The molecule has 0 aliphatic rings. The number of benzene rings is 1. The van der Waals surface area contributed by atoms with Crippen LogP contribution in [0.25, 0.3) is 0 Å². The second-order valence-corrected chi connectivity index (χ2v) is 6.25. The Morgan fingerprint density at radius 2 is 1.68 bits per heavy atom. The molecule has 0 saturated carbocycles. The normalized spacial score (nSPS) is 10.9. The summed E-state index contributed by atoms with van der Waals surface area (Å²) < 4.78 is 32.0. The van der Waals surface area contributed by atoms with Crippen molar-refractivity contribution in [2.45, 2.75) is 0 Å². The molecule has 0 heterocycles. The topological polar surface area (TPSA) is 81.7 Å². The highest BCUT2D eigenvalue weighted by Crippen LogP contribution is 2.22. The van der Waals surface area contributed by atoms with Gasteiger partial charge in [0.05, 0.1) is 20.0 Å². The first kappa shape index (κ1) is 15.3. The lowest BCUT2D eigenvalue weighted by molar-refractivity contribution is 0.0955. The van der Waals surface area contributed by atoms with E-state index in [-0.39, 0.29) is 18.2 Å². The summed E-state index contributed by atoms with van der Waals surface area (Å²) in [6.45, 7) is 0.0667. The van der Waals surface area contributed by atoms with Crippen LogP contribution in [-0.4, -0.2) is 47.1 Å². The molecule has 0 aliphatic carbocycles. The molecule has 1 amide bonds. The van der Waals surface area contributed by atoms with Crippen LogP contribution in [0.3, 0.4) is 0 Å². The SMILES string of the molecule is COc1cc(OC)cc(C(=O)NCCS(C)(=O)=O)c1. The third-order valence-electron chi connectivity index (χ3n) is 2.37. The predicted molar refractivity (Wildman–Crippen MR) is 71.6 cm³/mol. The molecular formula is C12H17NO5S. The number of hydrogen-bond acceptors (Lipinski definition) is 5. The summed E-state index contributed by atoms with van der Waals surface area (Å²) in [6.07, 6.45) is 1.12. The van der Waals surface area contributed by atoms with Crippen molar-refractivity contribution in [2.24, 2.45) is 0 Å². The minimum absolute atomic E-state index is 0.0667. The van der Waals surface area contributed by atoms with Gasteiger partial charge in [0.1, 0.15) is 21.3 Å². The minimum atomic E-state index is -3.09. The van der Waals surface area contributed by atoms with Crippen LogP contribution in [0, 0.1) is 0 Å². The largest absolute Gasteiger partial charge is 0.497 e. The van der Waals surface area contributed by atoms with Crippen LogP contribution in [0.1, 0.15) is 10.4 Å². The Morgan fingerprint density at radius 1 is 1.16 bits per heavy atom. The number of methoxy groups -OCH3 is 2. The standard InChI is InChI=1S/C12H17NO5S/c1-17-10-6-9(7-11(8-10)18-2)12(14)13-4-5-19(3,15)16/h6-8H,4-5H2,1-3H3,(H,13,14). The quantitative estimate of drug-likeness (QED) is 0.823. The molecule has 0 unspecified atom stereocenters. The summed E-state index contributed by atoms with van der Waals surface area (Å²) in [4.78, 5) is 11.8. The van der Waals surface area contributed by atoms with Gasteiger partial charge in [-0.05, 0) is 12.1 Å². The lowest BCUT2D eigenvalue weighted by atomic mass is 10.2. The van der Waals surface area contributed by atoms with Gasteiger partial charge in [0.2, 0.25) is 0 Å². The van der Waals surface area contributed by atoms with Gasteiger partial charge in [-0.25, -0.2) is 8.42 Å². The monoisotopic (exact) mass is 287 g/mol. The number of hydrogen-bond donors (Lipinski definition) is 1. The molecule has 0 saturated heterocycles. The fraction of sp³-hybridized carbons (Fsp3) is 0.417. The number of carbonyl (C=O) groups excluding carboxylic acids is 1. The van der Waals surface area contributed by atoms with E-state index in [0.717, 1.165) is 6.26 Å². The van der Waals surface area contributed by atoms with Crippen LogP contribution in [0.15, 0.2) is 18.2 Å². The van der Waals surface area contributed by atoms with E-state index in [1.807, 2.05) is 0 Å². The molecule has 7 heteroatoms. The second-order valence-electron chi connectivity index (χ2n) is 3.99. The van der Waals surface area contributed by atoms with E-state index >= 15 is 0 Å². The van der Waals surface area contributed by atoms with E-state index in [4.69, 9.17) is 9.47 Å². The van der Waals surface area contributed by atoms with E-state index in [2.05, 4.69) is 5.32 Å². The van der Waals surface area contributed by atoms with E-state index < -0.39 is 9.84 Å². The number of ether oxygens (including phenoxy) is 2. The van der Waals surface area contributed by atoms with Crippen molar-refractivity contribution in [3.8, 4) is 11.5 Å². The molecule has 106 valence electrons. The maximum absolute atomic E-state index is 11.8. The van der Waals surface area contributed by atoms with Crippen molar-refractivity contribution in [2.75, 3.05) is 32.8 Å². The van der Waals surface area contributed by atoms with Gasteiger partial charge in [0.25, 0.3) is 5.91 Å². The molecule has 1 N–H and O–H groups in total. The minimum Gasteiger partial charge on any atom is -0.497 e. The van der Waals surface area contributed by atoms with Crippen molar-refractivity contribution in [3.05, 3.63) is 23.8 Å². The van der Waals surface area contributed by atoms with Crippen LogP contribution >= 0.6 is 0 Å². The highest BCUT2D eigenvalue weighted by molar-refractivity contribution is 7.90. The molecule has 0 radical (unpaired) electrons. The molecular weight excluding hydrogens is 270 g/mol. The molecule has 1 aromatic carbocycles. The van der Waals surface area contributed by atoms with E-state index in [0.29, 0.717) is 17.1 Å². The molecule has 19 heavy (non-hydrogen) atoms. The van der Waals surface area contributed by atoms with Gasteiger partial charge in [-0.3, -0.25) is 4.79 Å². The Balaban J connectivity index is 2.76. The van der Waals surface area contributed by atoms with Gasteiger partial charge in [-0.2, -0.15) is 0 Å². The first-order valence-electron chi connectivity index (χ1n) is 5.54. The van der Waals surface area contributed by atoms with Gasteiger partial charge in [-0.15, -0.1) is 0 Å². The summed E-state index contributed by atoms with van der Waals surface area (Å²) in [7, 11) is -0.119. The van der Waals surface area contributed by atoms with Crippen LogP contribution in [0.5, 0.6) is 11.5 Å². The molecule has 1 aromatic rings. The predicted octanol–water partition coefficient (Wildman–Crippen LogP) is 0.478. The molecule has 0 fully saturated rings. The second kappa shape index (κ2) is 6.42. The third kappa shape index (κ3) is 5.17. The number of carbonyl (C=O) groups is 1. The van der Waals surface area contributed by atoms with Crippen molar-refractivity contribution in [1.29, 1.82) is 0 Å². The van der Waals surface area contributed by atoms with Crippen molar-refractivity contribution >= 4 is 15.7 Å². The fourth-order valence-corrected chi connectivity index (χ4v) is 1.86. The lowest BCUT2D eigenvalue weighted by Crippen LogP contribution is -2.28. The number of nitrogens with one attached hydrogen (secondary N) is 1. The summed E-state index contributed by atoms with van der Waals surface area (Å²) in [5.41, 5.74) is 0.352. The fourth-order valence-electron chi connectivity index (χ4n) is 1.39. The molecule has 0 atom stereocenters. The first-order chi connectivity index (χ1) is 8.85. The zero-order valence-electron chi connectivity index (χ0n) is 11.1.